The van der Waals surface area contributed by atoms with E-state index in [9.17, 15) is 0 Å². The summed E-state index contributed by atoms with van der Waals surface area (Å²) < 4.78 is 7.75. The number of halogens is 1. The second-order valence-electron chi connectivity index (χ2n) is 3.74. The number of imidazole rings is 1. The van der Waals surface area contributed by atoms with Crippen LogP contribution in [0.15, 0.2) is 29.9 Å². The van der Waals surface area contributed by atoms with Crippen LogP contribution in [0.25, 0.3) is 4.96 Å². The molecule has 0 aliphatic heterocycles. The van der Waals surface area contributed by atoms with Crippen LogP contribution in [0.1, 0.15) is 11.4 Å². The molecule has 0 aliphatic rings. The smallest absolute Gasteiger partial charge is 0.243 e. The van der Waals surface area contributed by atoms with Crippen molar-refractivity contribution in [1.82, 2.24) is 14.4 Å². The van der Waals surface area contributed by atoms with Gasteiger partial charge >= 0.3 is 0 Å². The quantitative estimate of drug-likeness (QED) is 0.687. The van der Waals surface area contributed by atoms with E-state index >= 15 is 0 Å². The first-order valence-corrected chi connectivity index (χ1v) is 6.81. The Morgan fingerprint density at radius 1 is 1.50 bits per heavy atom. The fourth-order valence-electron chi connectivity index (χ4n) is 1.70. The number of aromatic nitrogens is 3. The molecule has 0 aromatic carbocycles. The van der Waals surface area contributed by atoms with E-state index in [1.807, 2.05) is 35.0 Å². The molecule has 0 radical (unpaired) electrons. The summed E-state index contributed by atoms with van der Waals surface area (Å²) in [4.78, 5) is 9.49. The fraction of sp³-hybridized carbons (Fsp3) is 0.167. The molecule has 4 nitrogen and oxygen atoms in total. The molecule has 3 aromatic heterocycles. The van der Waals surface area contributed by atoms with Crippen molar-refractivity contribution >= 4 is 27.9 Å². The standard InChI is InChI=1S/C12H10ClN3OS/c1-8-10(3-2-4-14-8)17-11-9(7-13)16-5-6-18-12(16)15-11/h2-6H,7H2,1H3. The lowest BCUT2D eigenvalue weighted by atomic mass is 10.3. The summed E-state index contributed by atoms with van der Waals surface area (Å²) in [5.41, 5.74) is 1.69. The molecule has 0 atom stereocenters. The van der Waals surface area contributed by atoms with Crippen molar-refractivity contribution in [3.8, 4) is 11.6 Å². The number of pyridine rings is 1. The zero-order valence-electron chi connectivity index (χ0n) is 9.63. The number of aryl methyl sites for hydroxylation is 1. The Bertz CT molecular complexity index is 692. The van der Waals surface area contributed by atoms with E-state index in [0.29, 0.717) is 17.5 Å². The Labute approximate surface area is 113 Å². The van der Waals surface area contributed by atoms with Crippen molar-refractivity contribution in [3.63, 3.8) is 0 Å². The van der Waals surface area contributed by atoms with Gasteiger partial charge in [0.05, 0.1) is 11.6 Å². The van der Waals surface area contributed by atoms with E-state index in [4.69, 9.17) is 16.3 Å². The number of hydrogen-bond acceptors (Lipinski definition) is 4. The number of rotatable bonds is 3. The molecule has 3 heterocycles. The summed E-state index contributed by atoms with van der Waals surface area (Å²) >= 11 is 7.51. The SMILES string of the molecule is Cc1ncccc1Oc1nc2sccn2c1CCl. The molecule has 0 aliphatic carbocycles. The van der Waals surface area contributed by atoms with E-state index in [1.54, 1.807) is 17.5 Å². The Hall–Kier alpha value is -1.59. The van der Waals surface area contributed by atoms with E-state index in [1.165, 1.54) is 0 Å². The van der Waals surface area contributed by atoms with Crippen LogP contribution >= 0.6 is 22.9 Å². The van der Waals surface area contributed by atoms with Crippen molar-refractivity contribution in [3.05, 3.63) is 41.3 Å². The van der Waals surface area contributed by atoms with Gasteiger partial charge in [-0.1, -0.05) is 0 Å². The molecule has 0 N–H and O–H groups in total. The summed E-state index contributed by atoms with van der Waals surface area (Å²) in [5.74, 6) is 1.61. The largest absolute Gasteiger partial charge is 0.435 e. The highest BCUT2D eigenvalue weighted by molar-refractivity contribution is 7.15. The van der Waals surface area contributed by atoms with Crippen LogP contribution in [0.3, 0.4) is 0 Å². The average molecular weight is 280 g/mol. The summed E-state index contributed by atoms with van der Waals surface area (Å²) in [6, 6.07) is 3.70. The predicted molar refractivity (Wildman–Crippen MR) is 71.7 cm³/mol. The Morgan fingerprint density at radius 3 is 3.17 bits per heavy atom. The predicted octanol–water partition coefficient (Wildman–Crippen LogP) is 3.63. The molecule has 18 heavy (non-hydrogen) atoms. The second-order valence-corrected chi connectivity index (χ2v) is 4.88. The Balaban J connectivity index is 2.04. The molecule has 0 amide bonds. The van der Waals surface area contributed by atoms with E-state index in [-0.39, 0.29) is 0 Å². The normalized spacial score (nSPS) is 11.0. The topological polar surface area (TPSA) is 39.4 Å². The zero-order chi connectivity index (χ0) is 12.5. The minimum atomic E-state index is 0.354. The highest BCUT2D eigenvalue weighted by atomic mass is 35.5. The first-order chi connectivity index (χ1) is 8.79. The third kappa shape index (κ3) is 1.85. The lowest BCUT2D eigenvalue weighted by Crippen LogP contribution is -1.93. The van der Waals surface area contributed by atoms with Crippen LogP contribution in [0.5, 0.6) is 11.6 Å². The molecular formula is C12H10ClN3OS. The highest BCUT2D eigenvalue weighted by Gasteiger charge is 2.15. The van der Waals surface area contributed by atoms with Gasteiger partial charge in [-0.15, -0.1) is 22.9 Å². The molecule has 0 bridgehead atoms. The molecule has 0 spiro atoms. The van der Waals surface area contributed by atoms with Crippen LogP contribution in [-0.2, 0) is 5.88 Å². The maximum atomic E-state index is 5.96. The number of fused-ring (bicyclic) bond motifs is 1. The third-order valence-electron chi connectivity index (χ3n) is 2.62. The molecule has 3 aromatic rings. The van der Waals surface area contributed by atoms with Crippen LogP contribution in [0, 0.1) is 6.92 Å². The number of thiazole rings is 1. The summed E-state index contributed by atoms with van der Waals surface area (Å²) in [6.45, 7) is 1.90. The van der Waals surface area contributed by atoms with Gasteiger partial charge in [-0.25, -0.2) is 0 Å². The van der Waals surface area contributed by atoms with Crippen molar-refractivity contribution in [2.24, 2.45) is 0 Å². The maximum absolute atomic E-state index is 5.96. The first kappa shape index (κ1) is 11.5. The summed E-state index contributed by atoms with van der Waals surface area (Å²) in [7, 11) is 0. The number of alkyl halides is 1. The molecule has 0 saturated heterocycles. The lowest BCUT2D eigenvalue weighted by molar-refractivity contribution is 0.455. The van der Waals surface area contributed by atoms with Gasteiger partial charge in [0.2, 0.25) is 5.88 Å². The number of hydrogen-bond donors (Lipinski definition) is 0. The molecule has 0 saturated carbocycles. The van der Waals surface area contributed by atoms with E-state index in [0.717, 1.165) is 16.3 Å². The Morgan fingerprint density at radius 2 is 2.39 bits per heavy atom. The molecule has 0 unspecified atom stereocenters. The molecule has 6 heteroatoms. The average Bonchev–Trinajstić information content (AvgIpc) is 2.92. The van der Waals surface area contributed by atoms with Gasteiger partial charge in [0.25, 0.3) is 0 Å². The van der Waals surface area contributed by atoms with Gasteiger partial charge in [0, 0.05) is 17.8 Å². The first-order valence-electron chi connectivity index (χ1n) is 5.39. The minimum Gasteiger partial charge on any atom is -0.435 e. The van der Waals surface area contributed by atoms with Gasteiger partial charge < -0.3 is 4.74 Å². The van der Waals surface area contributed by atoms with Crippen LogP contribution in [0.4, 0.5) is 0 Å². The maximum Gasteiger partial charge on any atom is 0.243 e. The third-order valence-corrected chi connectivity index (χ3v) is 3.63. The highest BCUT2D eigenvalue weighted by Crippen LogP contribution is 2.29. The zero-order valence-corrected chi connectivity index (χ0v) is 11.2. The number of ether oxygens (including phenoxy) is 1. The second kappa shape index (κ2) is 4.59. The van der Waals surface area contributed by atoms with Crippen LogP contribution < -0.4 is 4.74 Å². The Kier molecular flexibility index (Phi) is 2.93. The van der Waals surface area contributed by atoms with Gasteiger partial charge in [0.15, 0.2) is 10.7 Å². The van der Waals surface area contributed by atoms with Gasteiger partial charge in [-0.3, -0.25) is 9.38 Å². The molecule has 92 valence electrons. The summed E-state index contributed by atoms with van der Waals surface area (Å²) in [6.07, 6.45) is 3.67. The van der Waals surface area contributed by atoms with Crippen molar-refractivity contribution in [2.75, 3.05) is 0 Å². The van der Waals surface area contributed by atoms with Gasteiger partial charge in [0.1, 0.15) is 5.69 Å². The summed E-state index contributed by atoms with van der Waals surface area (Å²) in [5, 5.41) is 1.97. The number of nitrogens with zero attached hydrogens (tertiary/aromatic N) is 3. The minimum absolute atomic E-state index is 0.354. The van der Waals surface area contributed by atoms with Crippen LogP contribution in [-0.4, -0.2) is 14.4 Å². The van der Waals surface area contributed by atoms with Crippen molar-refractivity contribution in [2.45, 2.75) is 12.8 Å². The van der Waals surface area contributed by atoms with Crippen molar-refractivity contribution < 1.29 is 4.74 Å². The lowest BCUT2D eigenvalue weighted by Gasteiger charge is -2.06. The van der Waals surface area contributed by atoms with E-state index < -0.39 is 0 Å². The van der Waals surface area contributed by atoms with E-state index in [2.05, 4.69) is 9.97 Å². The monoisotopic (exact) mass is 279 g/mol. The molecular weight excluding hydrogens is 270 g/mol. The van der Waals surface area contributed by atoms with Gasteiger partial charge in [-0.05, 0) is 19.1 Å². The van der Waals surface area contributed by atoms with Crippen LogP contribution in [0.2, 0.25) is 0 Å². The molecule has 0 fully saturated rings. The molecule has 3 rings (SSSR count). The van der Waals surface area contributed by atoms with Gasteiger partial charge in [-0.2, -0.15) is 4.98 Å². The fourth-order valence-corrected chi connectivity index (χ4v) is 2.67. The van der Waals surface area contributed by atoms with Crippen molar-refractivity contribution in [1.29, 1.82) is 0 Å².